The molecule has 0 heterocycles. The van der Waals surface area contributed by atoms with Crippen LogP contribution in [0.5, 0.6) is 0 Å². The van der Waals surface area contributed by atoms with Crippen molar-refractivity contribution in [1.82, 2.24) is 0 Å². The first-order chi connectivity index (χ1) is 8.89. The molecular formula is C17H17FO. The lowest BCUT2D eigenvalue weighted by molar-refractivity contribution is 0.0859. The first kappa shape index (κ1) is 13.5. The van der Waals surface area contributed by atoms with Crippen LogP contribution in [0.25, 0.3) is 11.1 Å². The maximum Gasteiger partial charge on any atom is 0.168 e. The highest BCUT2D eigenvalue weighted by Crippen LogP contribution is 2.29. The van der Waals surface area contributed by atoms with Gasteiger partial charge in [-0.05, 0) is 23.3 Å². The third-order valence-corrected chi connectivity index (χ3v) is 3.01. The van der Waals surface area contributed by atoms with Gasteiger partial charge in [0.1, 0.15) is 5.82 Å². The summed E-state index contributed by atoms with van der Waals surface area (Å²) in [7, 11) is 0. The summed E-state index contributed by atoms with van der Waals surface area (Å²) in [5.74, 6) is -0.184. The van der Waals surface area contributed by atoms with E-state index in [9.17, 15) is 9.18 Å². The van der Waals surface area contributed by atoms with Crippen LogP contribution in [0.2, 0.25) is 0 Å². The van der Waals surface area contributed by atoms with Gasteiger partial charge in [0.05, 0.1) is 0 Å². The third kappa shape index (κ3) is 2.90. The van der Waals surface area contributed by atoms with Crippen molar-refractivity contribution in [2.75, 3.05) is 0 Å². The number of benzene rings is 2. The molecule has 0 fully saturated rings. The van der Waals surface area contributed by atoms with Crippen LogP contribution in [-0.2, 0) is 0 Å². The summed E-state index contributed by atoms with van der Waals surface area (Å²) in [6.07, 6.45) is 0. The van der Waals surface area contributed by atoms with E-state index in [2.05, 4.69) is 0 Å². The summed E-state index contributed by atoms with van der Waals surface area (Å²) >= 11 is 0. The zero-order valence-corrected chi connectivity index (χ0v) is 11.4. The van der Waals surface area contributed by atoms with Crippen LogP contribution >= 0.6 is 0 Å². The zero-order chi connectivity index (χ0) is 14.0. The number of halogens is 1. The molecule has 0 unspecified atom stereocenters. The summed E-state index contributed by atoms with van der Waals surface area (Å²) in [5, 5.41) is 0. The van der Waals surface area contributed by atoms with Crippen LogP contribution in [0.4, 0.5) is 4.39 Å². The fourth-order valence-corrected chi connectivity index (χ4v) is 1.97. The van der Waals surface area contributed by atoms with Crippen molar-refractivity contribution in [3.05, 3.63) is 59.9 Å². The maximum atomic E-state index is 13.0. The SMILES string of the molecule is CC(C)(C)C(=O)c1ccccc1-c1ccc(F)cc1. The molecule has 98 valence electrons. The monoisotopic (exact) mass is 256 g/mol. The second kappa shape index (κ2) is 4.96. The third-order valence-electron chi connectivity index (χ3n) is 3.01. The summed E-state index contributed by atoms with van der Waals surface area (Å²) in [5.41, 5.74) is 1.95. The van der Waals surface area contributed by atoms with E-state index in [1.54, 1.807) is 12.1 Å². The van der Waals surface area contributed by atoms with E-state index in [1.165, 1.54) is 12.1 Å². The molecule has 0 aliphatic carbocycles. The van der Waals surface area contributed by atoms with E-state index >= 15 is 0 Å². The van der Waals surface area contributed by atoms with Gasteiger partial charge in [-0.3, -0.25) is 4.79 Å². The molecule has 0 N–H and O–H groups in total. The average molecular weight is 256 g/mol. The van der Waals surface area contributed by atoms with Gasteiger partial charge in [0.15, 0.2) is 5.78 Å². The van der Waals surface area contributed by atoms with Gasteiger partial charge in [0.25, 0.3) is 0 Å². The molecule has 0 aromatic heterocycles. The Labute approximate surface area is 113 Å². The number of rotatable bonds is 2. The second-order valence-electron chi connectivity index (χ2n) is 5.63. The molecule has 0 amide bonds. The molecule has 1 nitrogen and oxygen atoms in total. The van der Waals surface area contributed by atoms with Crippen LogP contribution in [0.1, 0.15) is 31.1 Å². The summed E-state index contributed by atoms with van der Waals surface area (Å²) in [4.78, 5) is 12.5. The van der Waals surface area contributed by atoms with Gasteiger partial charge in [-0.15, -0.1) is 0 Å². The normalized spacial score (nSPS) is 11.4. The van der Waals surface area contributed by atoms with E-state index in [-0.39, 0.29) is 11.6 Å². The summed E-state index contributed by atoms with van der Waals surface area (Å²) in [6, 6.07) is 13.7. The number of Topliss-reactive ketones (excluding diaryl/α,β-unsaturated/α-hetero) is 1. The molecule has 2 aromatic rings. The van der Waals surface area contributed by atoms with Crippen molar-refractivity contribution >= 4 is 5.78 Å². The number of carbonyl (C=O) groups is 1. The lowest BCUT2D eigenvalue weighted by Crippen LogP contribution is -2.20. The van der Waals surface area contributed by atoms with Gasteiger partial charge >= 0.3 is 0 Å². The highest BCUT2D eigenvalue weighted by atomic mass is 19.1. The Balaban J connectivity index is 2.53. The molecule has 0 saturated heterocycles. The Hall–Kier alpha value is -1.96. The van der Waals surface area contributed by atoms with Gasteiger partial charge in [0, 0.05) is 11.0 Å². The molecule has 2 heteroatoms. The molecule has 0 aliphatic rings. The molecule has 0 radical (unpaired) electrons. The number of carbonyl (C=O) groups excluding carboxylic acids is 1. The molecule has 0 atom stereocenters. The molecule has 0 saturated carbocycles. The highest BCUT2D eigenvalue weighted by Gasteiger charge is 2.25. The maximum absolute atomic E-state index is 13.0. The molecule has 19 heavy (non-hydrogen) atoms. The molecule has 0 bridgehead atoms. The number of hydrogen-bond donors (Lipinski definition) is 0. The van der Waals surface area contributed by atoms with Crippen molar-refractivity contribution < 1.29 is 9.18 Å². The minimum atomic E-state index is -0.434. The van der Waals surface area contributed by atoms with Crippen molar-refractivity contribution in [3.8, 4) is 11.1 Å². The smallest absolute Gasteiger partial charge is 0.168 e. The van der Waals surface area contributed by atoms with Gasteiger partial charge in [-0.25, -0.2) is 4.39 Å². The molecule has 2 aromatic carbocycles. The van der Waals surface area contributed by atoms with Crippen LogP contribution in [0.3, 0.4) is 0 Å². The first-order valence-electron chi connectivity index (χ1n) is 6.29. The van der Waals surface area contributed by atoms with Crippen LogP contribution in [0.15, 0.2) is 48.5 Å². The molecule has 0 spiro atoms. The first-order valence-corrected chi connectivity index (χ1v) is 6.29. The van der Waals surface area contributed by atoms with E-state index < -0.39 is 5.41 Å². The Morgan fingerprint density at radius 2 is 1.53 bits per heavy atom. The lowest BCUT2D eigenvalue weighted by Gasteiger charge is -2.19. The fourth-order valence-electron chi connectivity index (χ4n) is 1.97. The van der Waals surface area contributed by atoms with Gasteiger partial charge in [-0.1, -0.05) is 57.2 Å². The second-order valence-corrected chi connectivity index (χ2v) is 5.63. The fraction of sp³-hybridized carbons (Fsp3) is 0.235. The van der Waals surface area contributed by atoms with E-state index in [0.29, 0.717) is 5.56 Å². The van der Waals surface area contributed by atoms with E-state index in [4.69, 9.17) is 0 Å². The Kier molecular flexibility index (Phi) is 3.52. The summed E-state index contributed by atoms with van der Waals surface area (Å²) < 4.78 is 13.0. The predicted molar refractivity (Wildman–Crippen MR) is 75.6 cm³/mol. The van der Waals surface area contributed by atoms with Crippen LogP contribution in [-0.4, -0.2) is 5.78 Å². The summed E-state index contributed by atoms with van der Waals surface area (Å²) in [6.45, 7) is 5.70. The highest BCUT2D eigenvalue weighted by molar-refractivity contribution is 6.05. The molecular weight excluding hydrogens is 239 g/mol. The molecule has 2 rings (SSSR count). The largest absolute Gasteiger partial charge is 0.294 e. The standard InChI is InChI=1S/C17H17FO/c1-17(2,3)16(19)15-7-5-4-6-14(15)12-8-10-13(18)11-9-12/h4-11H,1-3H3. The van der Waals surface area contributed by atoms with Gasteiger partial charge in [-0.2, -0.15) is 0 Å². The van der Waals surface area contributed by atoms with E-state index in [0.717, 1.165) is 11.1 Å². The number of hydrogen-bond acceptors (Lipinski definition) is 1. The van der Waals surface area contributed by atoms with Crippen molar-refractivity contribution in [2.24, 2.45) is 5.41 Å². The van der Waals surface area contributed by atoms with Crippen molar-refractivity contribution in [3.63, 3.8) is 0 Å². The van der Waals surface area contributed by atoms with Gasteiger partial charge in [0.2, 0.25) is 0 Å². The van der Waals surface area contributed by atoms with Crippen molar-refractivity contribution in [1.29, 1.82) is 0 Å². The quantitative estimate of drug-likeness (QED) is 0.710. The zero-order valence-electron chi connectivity index (χ0n) is 11.4. The average Bonchev–Trinajstić information content (AvgIpc) is 2.38. The van der Waals surface area contributed by atoms with Crippen LogP contribution in [0, 0.1) is 11.2 Å². The van der Waals surface area contributed by atoms with Crippen LogP contribution < -0.4 is 0 Å². The minimum absolute atomic E-state index is 0.0902. The van der Waals surface area contributed by atoms with Crippen molar-refractivity contribution in [2.45, 2.75) is 20.8 Å². The Morgan fingerprint density at radius 3 is 2.11 bits per heavy atom. The Morgan fingerprint density at radius 1 is 0.947 bits per heavy atom. The predicted octanol–water partition coefficient (Wildman–Crippen LogP) is 4.72. The number of ketones is 1. The minimum Gasteiger partial charge on any atom is -0.294 e. The molecule has 0 aliphatic heterocycles. The van der Waals surface area contributed by atoms with Gasteiger partial charge < -0.3 is 0 Å². The topological polar surface area (TPSA) is 17.1 Å². The van der Waals surface area contributed by atoms with E-state index in [1.807, 2.05) is 45.0 Å². The lowest BCUT2D eigenvalue weighted by atomic mass is 9.83. The Bertz CT molecular complexity index is 591.